The van der Waals surface area contributed by atoms with Gasteiger partial charge in [-0.05, 0) is 92.9 Å². The first-order valence-corrected chi connectivity index (χ1v) is 14.0. The number of carbonyl (C=O) groups excluding carboxylic acids is 1. The molecule has 202 valence electrons. The average Bonchev–Trinajstić information content (AvgIpc) is 3.76. The Hall–Kier alpha value is -3.84. The number of methoxy groups -OCH3 is 1. The van der Waals surface area contributed by atoms with E-state index in [0.717, 1.165) is 71.7 Å². The van der Waals surface area contributed by atoms with Gasteiger partial charge in [0.15, 0.2) is 0 Å². The standard InChI is InChI=1S/C32H36N4O3/c1-38-31-21-25(32(37)35-16-4-5-17-35)6-7-26(31)23-36-29-12-13-33-22-27(29)20-30(36)24-8-10-28(11-9-24)39-19-18-34-14-2-3-15-34/h6-13,20-22H,2-5,14-19,23H2,1H3. The minimum Gasteiger partial charge on any atom is -0.496 e. The molecule has 2 saturated heterocycles. The highest BCUT2D eigenvalue weighted by molar-refractivity contribution is 5.95. The summed E-state index contributed by atoms with van der Waals surface area (Å²) in [5.41, 5.74) is 5.01. The number of aromatic nitrogens is 2. The Morgan fingerprint density at radius 2 is 1.69 bits per heavy atom. The molecule has 0 spiro atoms. The van der Waals surface area contributed by atoms with Crippen molar-refractivity contribution < 1.29 is 14.3 Å². The maximum Gasteiger partial charge on any atom is 0.253 e. The number of hydrogen-bond donors (Lipinski definition) is 0. The fraction of sp³-hybridized carbons (Fsp3) is 0.375. The van der Waals surface area contributed by atoms with E-state index in [1.54, 1.807) is 7.11 Å². The van der Waals surface area contributed by atoms with Crippen LogP contribution in [0.4, 0.5) is 0 Å². The highest BCUT2D eigenvalue weighted by Gasteiger charge is 2.21. The van der Waals surface area contributed by atoms with Crippen molar-refractivity contribution in [3.8, 4) is 22.8 Å². The lowest BCUT2D eigenvalue weighted by molar-refractivity contribution is 0.0792. The van der Waals surface area contributed by atoms with Crippen LogP contribution in [-0.4, -0.2) is 71.7 Å². The van der Waals surface area contributed by atoms with E-state index < -0.39 is 0 Å². The normalized spacial score (nSPS) is 15.8. The quantitative estimate of drug-likeness (QED) is 0.291. The smallest absolute Gasteiger partial charge is 0.253 e. The van der Waals surface area contributed by atoms with Gasteiger partial charge in [-0.25, -0.2) is 0 Å². The third kappa shape index (κ3) is 5.50. The third-order valence-corrected chi connectivity index (χ3v) is 7.98. The van der Waals surface area contributed by atoms with Crippen LogP contribution in [0.25, 0.3) is 22.2 Å². The van der Waals surface area contributed by atoms with E-state index in [4.69, 9.17) is 9.47 Å². The third-order valence-electron chi connectivity index (χ3n) is 7.98. The maximum atomic E-state index is 13.0. The Bertz CT molecular complexity index is 1430. The highest BCUT2D eigenvalue weighted by Crippen LogP contribution is 2.32. The maximum absolute atomic E-state index is 13.0. The van der Waals surface area contributed by atoms with Crippen LogP contribution in [-0.2, 0) is 6.54 Å². The topological polar surface area (TPSA) is 59.8 Å². The fourth-order valence-electron chi connectivity index (χ4n) is 5.82. The average molecular weight is 525 g/mol. The number of likely N-dealkylation sites (tertiary alicyclic amines) is 2. The van der Waals surface area contributed by atoms with Gasteiger partial charge in [0.2, 0.25) is 0 Å². The van der Waals surface area contributed by atoms with Crippen molar-refractivity contribution >= 4 is 16.8 Å². The number of benzene rings is 2. The zero-order valence-electron chi connectivity index (χ0n) is 22.6. The number of fused-ring (bicyclic) bond motifs is 1. The molecule has 0 atom stereocenters. The van der Waals surface area contributed by atoms with E-state index in [2.05, 4.69) is 44.8 Å². The molecule has 0 saturated carbocycles. The summed E-state index contributed by atoms with van der Waals surface area (Å²) in [5, 5.41) is 1.08. The number of ether oxygens (including phenoxy) is 2. The van der Waals surface area contributed by atoms with Gasteiger partial charge in [-0.1, -0.05) is 6.07 Å². The SMILES string of the molecule is COc1cc(C(=O)N2CCCC2)ccc1Cn1c(-c2ccc(OCCN3CCCC3)cc2)cc2cnccc21. The van der Waals surface area contributed by atoms with Crippen molar-refractivity contribution in [2.24, 2.45) is 0 Å². The molecule has 4 heterocycles. The van der Waals surface area contributed by atoms with E-state index in [1.165, 1.54) is 25.9 Å². The molecule has 6 rings (SSSR count). The number of carbonyl (C=O) groups is 1. The lowest BCUT2D eigenvalue weighted by Crippen LogP contribution is -2.27. The molecule has 7 heteroatoms. The van der Waals surface area contributed by atoms with E-state index in [9.17, 15) is 4.79 Å². The number of pyridine rings is 1. The van der Waals surface area contributed by atoms with Crippen molar-refractivity contribution in [1.82, 2.24) is 19.4 Å². The molecule has 0 N–H and O–H groups in total. The van der Waals surface area contributed by atoms with Gasteiger partial charge in [-0.15, -0.1) is 0 Å². The van der Waals surface area contributed by atoms with Crippen molar-refractivity contribution in [1.29, 1.82) is 0 Å². The molecule has 1 amide bonds. The number of nitrogens with zero attached hydrogens (tertiary/aromatic N) is 4. The van der Waals surface area contributed by atoms with E-state index in [0.29, 0.717) is 18.7 Å². The Balaban J connectivity index is 1.25. The summed E-state index contributed by atoms with van der Waals surface area (Å²) < 4.78 is 14.1. The second-order valence-electron chi connectivity index (χ2n) is 10.5. The zero-order chi connectivity index (χ0) is 26.6. The van der Waals surface area contributed by atoms with Crippen molar-refractivity contribution in [2.45, 2.75) is 32.2 Å². The Kier molecular flexibility index (Phi) is 7.50. The lowest BCUT2D eigenvalue weighted by Gasteiger charge is -2.18. The minimum absolute atomic E-state index is 0.0817. The zero-order valence-corrected chi connectivity index (χ0v) is 22.6. The summed E-state index contributed by atoms with van der Waals surface area (Å²) in [4.78, 5) is 21.7. The van der Waals surface area contributed by atoms with Crippen molar-refractivity contribution in [2.75, 3.05) is 46.4 Å². The van der Waals surface area contributed by atoms with Gasteiger partial charge in [0, 0.05) is 54.2 Å². The molecule has 0 aliphatic carbocycles. The number of hydrogen-bond acceptors (Lipinski definition) is 5. The molecule has 4 aromatic rings. The summed E-state index contributed by atoms with van der Waals surface area (Å²) in [6.07, 6.45) is 8.47. The van der Waals surface area contributed by atoms with Gasteiger partial charge in [0.1, 0.15) is 18.1 Å². The monoisotopic (exact) mass is 524 g/mol. The fourth-order valence-corrected chi connectivity index (χ4v) is 5.82. The minimum atomic E-state index is 0.0817. The summed E-state index contributed by atoms with van der Waals surface area (Å²) in [6, 6.07) is 18.4. The van der Waals surface area contributed by atoms with Crippen molar-refractivity contribution in [3.63, 3.8) is 0 Å². The summed E-state index contributed by atoms with van der Waals surface area (Å²) >= 11 is 0. The molecule has 2 aliphatic heterocycles. The van der Waals surface area contributed by atoms with Gasteiger partial charge < -0.3 is 18.9 Å². The van der Waals surface area contributed by atoms with Crippen LogP contribution in [0.2, 0.25) is 0 Å². The molecule has 0 bridgehead atoms. The number of amides is 1. The molecule has 2 aromatic carbocycles. The van der Waals surface area contributed by atoms with Gasteiger partial charge in [0.05, 0.1) is 19.2 Å². The first-order valence-electron chi connectivity index (χ1n) is 14.0. The van der Waals surface area contributed by atoms with Crippen LogP contribution in [0.5, 0.6) is 11.5 Å². The van der Waals surface area contributed by atoms with Gasteiger partial charge >= 0.3 is 0 Å². The van der Waals surface area contributed by atoms with Crippen molar-refractivity contribution in [3.05, 3.63) is 78.1 Å². The summed E-state index contributed by atoms with van der Waals surface area (Å²) in [7, 11) is 1.67. The molecule has 2 aliphatic rings. The van der Waals surface area contributed by atoms with Crippen LogP contribution >= 0.6 is 0 Å². The molecule has 0 unspecified atom stereocenters. The Morgan fingerprint density at radius 3 is 2.46 bits per heavy atom. The molecular weight excluding hydrogens is 488 g/mol. The first kappa shape index (κ1) is 25.4. The van der Waals surface area contributed by atoms with Gasteiger partial charge in [-0.2, -0.15) is 0 Å². The van der Waals surface area contributed by atoms with Crippen LogP contribution in [0.1, 0.15) is 41.6 Å². The summed E-state index contributed by atoms with van der Waals surface area (Å²) in [6.45, 7) is 6.33. The highest BCUT2D eigenvalue weighted by atomic mass is 16.5. The van der Waals surface area contributed by atoms with Gasteiger partial charge in [-0.3, -0.25) is 14.7 Å². The second-order valence-corrected chi connectivity index (χ2v) is 10.5. The summed E-state index contributed by atoms with van der Waals surface area (Å²) in [5.74, 6) is 1.70. The molecule has 39 heavy (non-hydrogen) atoms. The Labute approximate surface area is 230 Å². The Morgan fingerprint density at radius 1 is 0.923 bits per heavy atom. The van der Waals surface area contributed by atoms with E-state index in [-0.39, 0.29) is 5.91 Å². The predicted molar refractivity (Wildman–Crippen MR) is 154 cm³/mol. The van der Waals surface area contributed by atoms with E-state index in [1.807, 2.05) is 41.6 Å². The molecule has 2 fully saturated rings. The van der Waals surface area contributed by atoms with Gasteiger partial charge in [0.25, 0.3) is 5.91 Å². The number of rotatable bonds is 9. The second kappa shape index (κ2) is 11.5. The molecule has 0 radical (unpaired) electrons. The molecular formula is C32H36N4O3. The van der Waals surface area contributed by atoms with Crippen LogP contribution in [0, 0.1) is 0 Å². The largest absolute Gasteiger partial charge is 0.496 e. The first-order chi connectivity index (χ1) is 19.2. The lowest BCUT2D eigenvalue weighted by atomic mass is 10.1. The van der Waals surface area contributed by atoms with Crippen LogP contribution < -0.4 is 9.47 Å². The molecule has 2 aromatic heterocycles. The molecule has 7 nitrogen and oxygen atoms in total. The van der Waals surface area contributed by atoms with Crippen LogP contribution in [0.15, 0.2) is 67.0 Å². The predicted octanol–water partition coefficient (Wildman–Crippen LogP) is 5.47. The van der Waals surface area contributed by atoms with Crippen LogP contribution in [0.3, 0.4) is 0 Å². The van der Waals surface area contributed by atoms with E-state index >= 15 is 0 Å².